The number of nitrogens with zero attached hydrogens (tertiary/aromatic N) is 1. The highest BCUT2D eigenvalue weighted by molar-refractivity contribution is 7.99. The molecule has 0 spiro atoms. The fraction of sp³-hybridized carbons (Fsp3) is 0.538. The van der Waals surface area contributed by atoms with Crippen LogP contribution in [0.3, 0.4) is 0 Å². The van der Waals surface area contributed by atoms with E-state index in [2.05, 4.69) is 28.4 Å². The van der Waals surface area contributed by atoms with Crippen molar-refractivity contribution in [3.05, 3.63) is 23.8 Å². The van der Waals surface area contributed by atoms with Crippen molar-refractivity contribution in [3.8, 4) is 5.75 Å². The predicted octanol–water partition coefficient (Wildman–Crippen LogP) is 1.58. The van der Waals surface area contributed by atoms with E-state index in [0.717, 1.165) is 31.2 Å². The third-order valence-electron chi connectivity index (χ3n) is 3.36. The highest BCUT2D eigenvalue weighted by atomic mass is 32.2. The lowest BCUT2D eigenvalue weighted by Crippen LogP contribution is -2.44. The number of piperazine rings is 1. The molecule has 92 valence electrons. The van der Waals surface area contributed by atoms with E-state index in [9.17, 15) is 0 Å². The fourth-order valence-corrected chi connectivity index (χ4v) is 3.14. The van der Waals surface area contributed by atoms with Gasteiger partial charge in [-0.3, -0.25) is 0 Å². The van der Waals surface area contributed by atoms with E-state index in [1.807, 2.05) is 0 Å². The molecule has 0 bridgehead atoms. The molecule has 1 saturated heterocycles. The summed E-state index contributed by atoms with van der Waals surface area (Å²) in [5, 5.41) is 3.39. The molecule has 17 heavy (non-hydrogen) atoms. The van der Waals surface area contributed by atoms with Gasteiger partial charge in [0.1, 0.15) is 11.7 Å². The van der Waals surface area contributed by atoms with Crippen LogP contribution in [0.2, 0.25) is 0 Å². The maximum absolute atomic E-state index is 5.49. The number of ether oxygens (including phenoxy) is 1. The first-order valence-corrected chi connectivity index (χ1v) is 7.22. The molecule has 1 aromatic rings. The van der Waals surface area contributed by atoms with Crippen molar-refractivity contribution < 1.29 is 4.74 Å². The average Bonchev–Trinajstić information content (AvgIpc) is 2.85. The predicted molar refractivity (Wildman–Crippen MR) is 70.8 cm³/mol. The van der Waals surface area contributed by atoms with Gasteiger partial charge in [0, 0.05) is 32.7 Å². The van der Waals surface area contributed by atoms with Crippen LogP contribution >= 0.6 is 11.8 Å². The standard InChI is InChI=1S/C13H18N2OS/c1-2-12-13(17-10-16-12)9-11(1)3-6-15-7-4-14-5-8-15/h1-2,9,14H,3-8,10H2. The Bertz CT molecular complexity index is 391. The summed E-state index contributed by atoms with van der Waals surface area (Å²) in [4.78, 5) is 3.84. The average molecular weight is 250 g/mol. The molecule has 0 amide bonds. The molecule has 1 N–H and O–H groups in total. The monoisotopic (exact) mass is 250 g/mol. The summed E-state index contributed by atoms with van der Waals surface area (Å²) in [6.07, 6.45) is 1.15. The van der Waals surface area contributed by atoms with Gasteiger partial charge in [-0.2, -0.15) is 0 Å². The molecular weight excluding hydrogens is 232 g/mol. The molecule has 2 aliphatic heterocycles. The topological polar surface area (TPSA) is 24.5 Å². The number of fused-ring (bicyclic) bond motifs is 1. The van der Waals surface area contributed by atoms with Crippen LogP contribution in [-0.4, -0.2) is 43.6 Å². The minimum absolute atomic E-state index is 0.774. The lowest BCUT2D eigenvalue weighted by Gasteiger charge is -2.27. The molecule has 3 rings (SSSR count). The minimum atomic E-state index is 0.774. The smallest absolute Gasteiger partial charge is 0.138 e. The third kappa shape index (κ3) is 2.76. The molecule has 0 unspecified atom stereocenters. The fourth-order valence-electron chi connectivity index (χ4n) is 2.32. The number of benzene rings is 1. The van der Waals surface area contributed by atoms with Crippen LogP contribution in [0.5, 0.6) is 5.75 Å². The Morgan fingerprint density at radius 1 is 1.29 bits per heavy atom. The normalized spacial score (nSPS) is 20.0. The van der Waals surface area contributed by atoms with Gasteiger partial charge in [-0.25, -0.2) is 0 Å². The second-order valence-corrected chi connectivity index (χ2v) is 5.49. The Morgan fingerprint density at radius 2 is 2.18 bits per heavy atom. The maximum Gasteiger partial charge on any atom is 0.138 e. The summed E-state index contributed by atoms with van der Waals surface area (Å²) in [5.74, 6) is 1.83. The molecule has 0 atom stereocenters. The van der Waals surface area contributed by atoms with Gasteiger partial charge in [-0.15, -0.1) is 0 Å². The van der Waals surface area contributed by atoms with E-state index in [-0.39, 0.29) is 0 Å². The van der Waals surface area contributed by atoms with E-state index < -0.39 is 0 Å². The Hall–Kier alpha value is -0.710. The SMILES string of the molecule is c1cc2c(cc1CCN1CCNCC1)SCO2. The van der Waals surface area contributed by atoms with Crippen molar-refractivity contribution in [1.29, 1.82) is 0 Å². The molecule has 1 aromatic carbocycles. The van der Waals surface area contributed by atoms with Gasteiger partial charge in [-0.1, -0.05) is 17.8 Å². The Labute approximate surface area is 107 Å². The van der Waals surface area contributed by atoms with Crippen molar-refractivity contribution >= 4 is 11.8 Å². The number of hydrogen-bond acceptors (Lipinski definition) is 4. The third-order valence-corrected chi connectivity index (χ3v) is 4.23. The quantitative estimate of drug-likeness (QED) is 0.880. The molecule has 0 aromatic heterocycles. The summed E-state index contributed by atoms with van der Waals surface area (Å²) < 4.78 is 5.49. The maximum atomic E-state index is 5.49. The van der Waals surface area contributed by atoms with Crippen LogP contribution in [0.4, 0.5) is 0 Å². The largest absolute Gasteiger partial charge is 0.481 e. The first-order chi connectivity index (χ1) is 8.42. The van der Waals surface area contributed by atoms with Crippen molar-refractivity contribution in [1.82, 2.24) is 10.2 Å². The summed E-state index contributed by atoms with van der Waals surface area (Å²) in [6, 6.07) is 6.60. The lowest BCUT2D eigenvalue weighted by molar-refractivity contribution is 0.244. The minimum Gasteiger partial charge on any atom is -0.481 e. The van der Waals surface area contributed by atoms with Gasteiger partial charge in [0.15, 0.2) is 0 Å². The van der Waals surface area contributed by atoms with E-state index in [1.54, 1.807) is 11.8 Å². The van der Waals surface area contributed by atoms with Crippen LogP contribution in [0, 0.1) is 0 Å². The molecule has 2 heterocycles. The second kappa shape index (κ2) is 5.29. The zero-order chi connectivity index (χ0) is 11.5. The highest BCUT2D eigenvalue weighted by Gasteiger charge is 2.13. The summed E-state index contributed by atoms with van der Waals surface area (Å²) in [6.45, 7) is 5.80. The van der Waals surface area contributed by atoms with Crippen molar-refractivity contribution in [3.63, 3.8) is 0 Å². The Kier molecular flexibility index (Phi) is 3.54. The van der Waals surface area contributed by atoms with Crippen LogP contribution in [-0.2, 0) is 6.42 Å². The lowest BCUT2D eigenvalue weighted by atomic mass is 10.1. The van der Waals surface area contributed by atoms with Crippen LogP contribution in [0.15, 0.2) is 23.1 Å². The van der Waals surface area contributed by atoms with E-state index >= 15 is 0 Å². The number of hydrogen-bond donors (Lipinski definition) is 1. The summed E-state index contributed by atoms with van der Waals surface area (Å²) in [7, 11) is 0. The van der Waals surface area contributed by atoms with Gasteiger partial charge in [0.25, 0.3) is 0 Å². The van der Waals surface area contributed by atoms with Gasteiger partial charge >= 0.3 is 0 Å². The zero-order valence-electron chi connectivity index (χ0n) is 9.95. The highest BCUT2D eigenvalue weighted by Crippen LogP contribution is 2.36. The first-order valence-electron chi connectivity index (χ1n) is 6.23. The summed E-state index contributed by atoms with van der Waals surface area (Å²) in [5.41, 5.74) is 1.43. The van der Waals surface area contributed by atoms with Gasteiger partial charge in [0.2, 0.25) is 0 Å². The number of thioether (sulfide) groups is 1. The van der Waals surface area contributed by atoms with Crippen molar-refractivity contribution in [2.75, 3.05) is 38.7 Å². The number of rotatable bonds is 3. The Morgan fingerprint density at radius 3 is 3.06 bits per heavy atom. The molecule has 0 aliphatic carbocycles. The van der Waals surface area contributed by atoms with E-state index in [1.165, 1.54) is 30.1 Å². The summed E-state index contributed by atoms with van der Waals surface area (Å²) >= 11 is 1.80. The molecule has 2 aliphatic rings. The van der Waals surface area contributed by atoms with Crippen LogP contribution in [0.1, 0.15) is 5.56 Å². The van der Waals surface area contributed by atoms with Crippen molar-refractivity contribution in [2.45, 2.75) is 11.3 Å². The van der Waals surface area contributed by atoms with Crippen LogP contribution in [0.25, 0.3) is 0 Å². The molecule has 1 fully saturated rings. The van der Waals surface area contributed by atoms with E-state index in [0.29, 0.717) is 0 Å². The van der Waals surface area contributed by atoms with Crippen LogP contribution < -0.4 is 10.1 Å². The molecule has 0 saturated carbocycles. The Balaban J connectivity index is 1.57. The molecule has 0 radical (unpaired) electrons. The molecular formula is C13H18N2OS. The van der Waals surface area contributed by atoms with E-state index in [4.69, 9.17) is 4.74 Å². The molecule has 4 heteroatoms. The zero-order valence-corrected chi connectivity index (χ0v) is 10.8. The number of nitrogens with one attached hydrogen (secondary N) is 1. The van der Waals surface area contributed by atoms with Gasteiger partial charge < -0.3 is 15.0 Å². The van der Waals surface area contributed by atoms with Gasteiger partial charge in [-0.05, 0) is 24.1 Å². The van der Waals surface area contributed by atoms with Crippen molar-refractivity contribution in [2.24, 2.45) is 0 Å². The second-order valence-electron chi connectivity index (χ2n) is 4.53. The first kappa shape index (κ1) is 11.4. The van der Waals surface area contributed by atoms with Gasteiger partial charge in [0.05, 0.1) is 4.90 Å². The molecule has 3 nitrogen and oxygen atoms in total.